The molecule has 1 aliphatic rings. The number of nitrogens with one attached hydrogen (secondary N) is 1. The maximum Gasteiger partial charge on any atom is 0.126 e. The number of nitrogens with zero attached hydrogens (tertiary/aromatic N) is 3. The van der Waals surface area contributed by atoms with Crippen LogP contribution in [0, 0.1) is 0 Å². The maximum atomic E-state index is 12.6. The van der Waals surface area contributed by atoms with Gasteiger partial charge in [-0.15, -0.1) is 0 Å². The first-order chi connectivity index (χ1) is 34.4. The molecule has 0 unspecified atom stereocenters. The molecule has 8 bridgehead atoms. The largest absolute Gasteiger partial charge is 0.507 e. The third-order valence-electron chi connectivity index (χ3n) is 12.2. The first kappa shape index (κ1) is 46.9. The number of phenolic OH excluding ortho intramolecular Hbond substituents is 2. The van der Waals surface area contributed by atoms with Gasteiger partial charge in [0, 0.05) is 101 Å². The molecule has 0 aliphatic heterocycles. The van der Waals surface area contributed by atoms with Crippen LogP contribution in [0.25, 0.3) is 0 Å². The molecule has 0 fully saturated rings. The number of fused-ring (bicyclic) bond motifs is 8. The van der Waals surface area contributed by atoms with Gasteiger partial charge in [-0.3, -0.25) is 15.0 Å². The standard InChI is InChI=1S/C62H58N4O4/c1-3-25-69-61-51-27-47-31-55(63-39-43-17-9-5-10-18-43)33-49(59(47)67)29-53-37-58(66-42-46-23-15-8-16-24-46)38-54(62(53)70-26-4-2)30-50-34-56(64-40-44-19-11-6-12-20-44)32-48(60(50)68)28-52(61)36-57(35-51)65-41-45-21-13-7-14-22-45/h5-24,31-39,41-42,64,67-68H,3-4,25-30,40H2,1-2H3/b63-39+,65-41+,66-42+. The Balaban J connectivity index is 1.28. The lowest BCUT2D eigenvalue weighted by molar-refractivity contribution is 0.311. The molecule has 8 aromatic carbocycles. The van der Waals surface area contributed by atoms with Crippen LogP contribution in [0.1, 0.15) is 93.5 Å². The summed E-state index contributed by atoms with van der Waals surface area (Å²) in [6.07, 6.45) is 8.47. The van der Waals surface area contributed by atoms with E-state index in [1.165, 1.54) is 0 Å². The van der Waals surface area contributed by atoms with Crippen LogP contribution in [0.2, 0.25) is 0 Å². The first-order valence-electron chi connectivity index (χ1n) is 24.2. The highest BCUT2D eigenvalue weighted by atomic mass is 16.5. The van der Waals surface area contributed by atoms with Gasteiger partial charge in [0.25, 0.3) is 0 Å². The number of ether oxygens (including phenoxy) is 2. The van der Waals surface area contributed by atoms with Crippen molar-refractivity contribution < 1.29 is 19.7 Å². The molecule has 0 aromatic heterocycles. The number of hydrogen-bond acceptors (Lipinski definition) is 8. The number of anilines is 1. The van der Waals surface area contributed by atoms with Crippen LogP contribution in [0.15, 0.2) is 185 Å². The molecule has 0 atom stereocenters. The van der Waals surface area contributed by atoms with Crippen molar-refractivity contribution in [3.05, 3.63) is 237 Å². The highest BCUT2D eigenvalue weighted by Crippen LogP contribution is 2.43. The van der Waals surface area contributed by atoms with E-state index in [0.29, 0.717) is 73.8 Å². The fourth-order valence-corrected chi connectivity index (χ4v) is 8.83. The van der Waals surface area contributed by atoms with E-state index >= 15 is 0 Å². The van der Waals surface area contributed by atoms with Crippen molar-refractivity contribution in [1.82, 2.24) is 0 Å². The topological polar surface area (TPSA) is 108 Å². The zero-order chi connectivity index (χ0) is 48.1. The molecule has 9 rings (SSSR count). The summed E-state index contributed by atoms with van der Waals surface area (Å²) < 4.78 is 13.5. The maximum absolute atomic E-state index is 12.6. The molecule has 0 radical (unpaired) electrons. The minimum absolute atomic E-state index is 0.171. The van der Waals surface area contributed by atoms with E-state index in [0.717, 1.165) is 85.5 Å². The van der Waals surface area contributed by atoms with E-state index in [-0.39, 0.29) is 11.5 Å². The summed E-state index contributed by atoms with van der Waals surface area (Å²) in [6, 6.07) is 56.6. The van der Waals surface area contributed by atoms with Gasteiger partial charge in [0.1, 0.15) is 23.0 Å². The molecule has 0 heterocycles. The Morgan fingerprint density at radius 3 is 1.09 bits per heavy atom. The Morgan fingerprint density at radius 1 is 0.429 bits per heavy atom. The first-order valence-corrected chi connectivity index (χ1v) is 24.2. The van der Waals surface area contributed by atoms with Crippen molar-refractivity contribution in [2.45, 2.75) is 58.9 Å². The van der Waals surface area contributed by atoms with Crippen LogP contribution in [-0.4, -0.2) is 42.1 Å². The van der Waals surface area contributed by atoms with E-state index in [1.54, 1.807) is 0 Å². The predicted molar refractivity (Wildman–Crippen MR) is 287 cm³/mol. The van der Waals surface area contributed by atoms with Crippen LogP contribution in [0.4, 0.5) is 22.7 Å². The number of phenols is 2. The smallest absolute Gasteiger partial charge is 0.126 e. The highest BCUT2D eigenvalue weighted by Gasteiger charge is 2.23. The van der Waals surface area contributed by atoms with Crippen LogP contribution in [0.5, 0.6) is 23.0 Å². The lowest BCUT2D eigenvalue weighted by Gasteiger charge is -2.22. The number of aliphatic imine (C=N–C) groups is 3. The Bertz CT molecular complexity index is 2970. The highest BCUT2D eigenvalue weighted by molar-refractivity contribution is 5.84. The average molecular weight is 923 g/mol. The molecule has 8 heteroatoms. The molecule has 0 spiro atoms. The van der Waals surface area contributed by atoms with Crippen molar-refractivity contribution in [3.8, 4) is 23.0 Å². The fourth-order valence-electron chi connectivity index (χ4n) is 8.83. The molecule has 8 aromatic rings. The summed E-state index contributed by atoms with van der Waals surface area (Å²) in [4.78, 5) is 15.1. The molecular weight excluding hydrogens is 865 g/mol. The van der Waals surface area contributed by atoms with Gasteiger partial charge in [-0.05, 0) is 83.6 Å². The minimum atomic E-state index is 0.171. The zero-order valence-corrected chi connectivity index (χ0v) is 39.8. The molecular formula is C62H58N4O4. The van der Waals surface area contributed by atoms with Gasteiger partial charge in [0.2, 0.25) is 0 Å². The van der Waals surface area contributed by atoms with Gasteiger partial charge in [-0.2, -0.15) is 0 Å². The number of hydrogen-bond donors (Lipinski definition) is 3. The summed E-state index contributed by atoms with van der Waals surface area (Å²) in [5.41, 5.74) is 13.3. The van der Waals surface area contributed by atoms with Crippen LogP contribution >= 0.6 is 0 Å². The third kappa shape index (κ3) is 11.9. The summed E-state index contributed by atoms with van der Waals surface area (Å²) >= 11 is 0. The quantitative estimate of drug-likeness (QED) is 0.0701. The van der Waals surface area contributed by atoms with Crippen LogP contribution in [0.3, 0.4) is 0 Å². The van der Waals surface area contributed by atoms with Gasteiger partial charge in [-0.25, -0.2) is 0 Å². The Hall–Kier alpha value is -8.23. The lowest BCUT2D eigenvalue weighted by Crippen LogP contribution is -2.08. The molecule has 8 nitrogen and oxygen atoms in total. The van der Waals surface area contributed by atoms with E-state index in [2.05, 4.69) is 55.6 Å². The summed E-state index contributed by atoms with van der Waals surface area (Å²) in [5.74, 6) is 1.78. The summed E-state index contributed by atoms with van der Waals surface area (Å²) in [7, 11) is 0. The Labute approximate surface area is 411 Å². The molecule has 0 saturated carbocycles. The van der Waals surface area contributed by atoms with Gasteiger partial charge in [0.05, 0.1) is 30.3 Å². The predicted octanol–water partition coefficient (Wildman–Crippen LogP) is 14.2. The van der Waals surface area contributed by atoms with Crippen molar-refractivity contribution in [1.29, 1.82) is 0 Å². The summed E-state index contributed by atoms with van der Waals surface area (Å²) in [6.45, 7) is 5.74. The SMILES string of the molecule is CCCOc1c2cc(/N=C/c3ccccc3)cc1Cc1cc(NCc3ccccc3)cc(c1O)Cc1cc(/N=C/c3ccccc3)cc(c1OCCC)Cc1cc(/N=C/c3ccccc3)cc(c1O)C2. The Kier molecular flexibility index (Phi) is 15.2. The monoisotopic (exact) mass is 922 g/mol. The van der Waals surface area contributed by atoms with Gasteiger partial charge >= 0.3 is 0 Å². The molecule has 0 amide bonds. The zero-order valence-electron chi connectivity index (χ0n) is 39.8. The van der Waals surface area contributed by atoms with Crippen LogP contribution in [-0.2, 0) is 32.2 Å². The minimum Gasteiger partial charge on any atom is -0.507 e. The number of rotatable bonds is 15. The average Bonchev–Trinajstić information content (AvgIpc) is 3.39. The number of benzene rings is 8. The second-order valence-electron chi connectivity index (χ2n) is 17.7. The van der Waals surface area contributed by atoms with E-state index in [9.17, 15) is 10.2 Å². The Morgan fingerprint density at radius 2 is 0.743 bits per heavy atom. The second kappa shape index (κ2) is 22.7. The molecule has 1 aliphatic carbocycles. The van der Waals surface area contributed by atoms with Gasteiger partial charge in [0.15, 0.2) is 0 Å². The second-order valence-corrected chi connectivity index (χ2v) is 17.7. The lowest BCUT2D eigenvalue weighted by atomic mass is 9.90. The van der Waals surface area contributed by atoms with Gasteiger partial charge in [-0.1, -0.05) is 135 Å². The third-order valence-corrected chi connectivity index (χ3v) is 12.2. The fraction of sp³-hybridized carbons (Fsp3) is 0.177. The summed E-state index contributed by atoms with van der Waals surface area (Å²) in [5, 5.41) is 28.9. The van der Waals surface area contributed by atoms with E-state index in [1.807, 2.05) is 152 Å². The number of aromatic hydroxyl groups is 2. The van der Waals surface area contributed by atoms with Gasteiger partial charge < -0.3 is 25.0 Å². The molecule has 3 N–H and O–H groups in total. The van der Waals surface area contributed by atoms with Crippen molar-refractivity contribution in [3.63, 3.8) is 0 Å². The van der Waals surface area contributed by atoms with E-state index in [4.69, 9.17) is 24.5 Å². The molecule has 70 heavy (non-hydrogen) atoms. The van der Waals surface area contributed by atoms with Crippen molar-refractivity contribution >= 4 is 41.4 Å². The van der Waals surface area contributed by atoms with E-state index < -0.39 is 0 Å². The van der Waals surface area contributed by atoms with Crippen molar-refractivity contribution in [2.75, 3.05) is 18.5 Å². The normalized spacial score (nSPS) is 12.4. The molecule has 0 saturated heterocycles. The van der Waals surface area contributed by atoms with Crippen molar-refractivity contribution in [2.24, 2.45) is 15.0 Å². The molecule has 350 valence electrons. The van der Waals surface area contributed by atoms with Crippen LogP contribution < -0.4 is 14.8 Å².